The van der Waals surface area contributed by atoms with E-state index >= 15 is 0 Å². The normalized spacial score (nSPS) is 19.4. The molecule has 47 heavy (non-hydrogen) atoms. The smallest absolute Gasteiger partial charge is 0.390 e. The molecule has 3 aliphatic rings. The molecule has 0 radical (unpaired) electrons. The lowest BCUT2D eigenvalue weighted by Gasteiger charge is -2.33. The van der Waals surface area contributed by atoms with Crippen LogP contribution in [0.4, 0.5) is 17.6 Å². The number of fused-ring (bicyclic) bond motifs is 1. The minimum atomic E-state index is -4.48. The summed E-state index contributed by atoms with van der Waals surface area (Å²) >= 11 is 1.19. The Labute approximate surface area is 277 Å². The molecule has 2 fully saturated rings. The van der Waals surface area contributed by atoms with Gasteiger partial charge in [0, 0.05) is 73.2 Å². The van der Waals surface area contributed by atoms with Gasteiger partial charge >= 0.3 is 6.18 Å². The molecular formula is C35H42F4N6OS. The maximum absolute atomic E-state index is 14.0. The fourth-order valence-corrected chi connectivity index (χ4v) is 8.22. The summed E-state index contributed by atoms with van der Waals surface area (Å²) < 4.78 is 57.4. The molecule has 12 heteroatoms. The van der Waals surface area contributed by atoms with Gasteiger partial charge in [-0.15, -0.1) is 11.8 Å². The number of aliphatic hydroxyl groups excluding tert-OH is 1. The monoisotopic (exact) mass is 670 g/mol. The molecule has 0 saturated carbocycles. The van der Waals surface area contributed by atoms with Crippen LogP contribution in [-0.4, -0.2) is 88.5 Å². The molecule has 0 spiro atoms. The molecular weight excluding hydrogens is 628 g/mol. The Morgan fingerprint density at radius 1 is 1.02 bits per heavy atom. The van der Waals surface area contributed by atoms with E-state index in [1.807, 2.05) is 22.9 Å². The summed E-state index contributed by atoms with van der Waals surface area (Å²) in [5, 5.41) is 28.7. The molecule has 3 aromatic rings. The molecule has 4 heterocycles. The molecule has 0 bridgehead atoms. The second kappa shape index (κ2) is 15.1. The van der Waals surface area contributed by atoms with E-state index < -0.39 is 24.0 Å². The number of halogens is 4. The molecule has 2 N–H and O–H groups in total. The summed E-state index contributed by atoms with van der Waals surface area (Å²) in [6.07, 6.45) is -2.33. The number of nitrogens with one attached hydrogen (secondary N) is 1. The van der Waals surface area contributed by atoms with Crippen LogP contribution in [0.5, 0.6) is 0 Å². The molecule has 2 saturated heterocycles. The Balaban J connectivity index is 1.13. The van der Waals surface area contributed by atoms with Crippen LogP contribution >= 0.6 is 11.8 Å². The zero-order valence-corrected chi connectivity index (χ0v) is 27.3. The number of rotatable bonds is 10. The number of β-amino-alcohol motifs (C(OH)–C–C–N with tert-alkyl or cyclic N) is 1. The van der Waals surface area contributed by atoms with Crippen molar-refractivity contribution >= 4 is 11.8 Å². The predicted molar refractivity (Wildman–Crippen MR) is 175 cm³/mol. The number of aliphatic hydroxyl groups is 1. The third-order valence-electron chi connectivity index (χ3n) is 9.68. The van der Waals surface area contributed by atoms with Crippen molar-refractivity contribution < 1.29 is 22.7 Å². The molecule has 1 unspecified atom stereocenters. The average molecular weight is 671 g/mol. The van der Waals surface area contributed by atoms with Gasteiger partial charge in [-0.1, -0.05) is 18.2 Å². The second-order valence-electron chi connectivity index (χ2n) is 12.9. The van der Waals surface area contributed by atoms with Crippen molar-refractivity contribution in [1.82, 2.24) is 24.9 Å². The summed E-state index contributed by atoms with van der Waals surface area (Å²) in [6.45, 7) is 5.73. The van der Waals surface area contributed by atoms with E-state index in [9.17, 15) is 27.9 Å². The van der Waals surface area contributed by atoms with Gasteiger partial charge in [-0.05, 0) is 74.5 Å². The van der Waals surface area contributed by atoms with Crippen molar-refractivity contribution in [2.45, 2.75) is 74.5 Å². The Kier molecular flexibility index (Phi) is 10.9. The minimum Gasteiger partial charge on any atom is -0.390 e. The highest BCUT2D eigenvalue weighted by Crippen LogP contribution is 2.40. The molecule has 3 aliphatic heterocycles. The van der Waals surface area contributed by atoms with Gasteiger partial charge in [-0.25, -0.2) is 4.39 Å². The molecule has 2 aromatic carbocycles. The summed E-state index contributed by atoms with van der Waals surface area (Å²) in [5.74, 6) is 0.873. The summed E-state index contributed by atoms with van der Waals surface area (Å²) in [7, 11) is 0. The van der Waals surface area contributed by atoms with Crippen molar-refractivity contribution in [3.05, 3.63) is 70.4 Å². The maximum atomic E-state index is 14.0. The number of nitrogens with zero attached hydrogens (tertiary/aromatic N) is 5. The van der Waals surface area contributed by atoms with E-state index in [1.165, 1.54) is 23.4 Å². The van der Waals surface area contributed by atoms with Gasteiger partial charge in [0.2, 0.25) is 0 Å². The Bertz CT molecular complexity index is 1560. The highest BCUT2D eigenvalue weighted by atomic mass is 32.2. The number of likely N-dealkylation sites (tertiary alicyclic amines) is 2. The molecule has 7 nitrogen and oxygen atoms in total. The molecule has 1 aromatic heterocycles. The molecule has 252 valence electrons. The molecule has 0 aliphatic carbocycles. The lowest BCUT2D eigenvalue weighted by Crippen LogP contribution is -2.40. The van der Waals surface area contributed by atoms with Gasteiger partial charge in [-0.2, -0.15) is 23.5 Å². The first-order valence-electron chi connectivity index (χ1n) is 16.6. The first-order chi connectivity index (χ1) is 22.7. The first-order valence-corrected chi connectivity index (χ1v) is 17.6. The largest absolute Gasteiger partial charge is 0.417 e. The lowest BCUT2D eigenvalue weighted by molar-refractivity contribution is -0.139. The van der Waals surface area contributed by atoms with Crippen LogP contribution in [0.3, 0.4) is 0 Å². The van der Waals surface area contributed by atoms with Crippen LogP contribution in [0.1, 0.15) is 59.5 Å². The van der Waals surface area contributed by atoms with Crippen LogP contribution < -0.4 is 5.32 Å². The van der Waals surface area contributed by atoms with E-state index in [4.69, 9.17) is 5.10 Å². The van der Waals surface area contributed by atoms with Crippen molar-refractivity contribution in [3.8, 4) is 17.3 Å². The number of thioether (sulfide) groups is 1. The van der Waals surface area contributed by atoms with Gasteiger partial charge in [0.15, 0.2) is 0 Å². The minimum absolute atomic E-state index is 0.172. The lowest BCUT2D eigenvalue weighted by atomic mass is 9.88. The van der Waals surface area contributed by atoms with Crippen molar-refractivity contribution in [3.63, 3.8) is 0 Å². The molecule has 0 amide bonds. The predicted octanol–water partition coefficient (Wildman–Crippen LogP) is 5.85. The number of hydrogen-bond acceptors (Lipinski definition) is 7. The zero-order chi connectivity index (χ0) is 33.0. The van der Waals surface area contributed by atoms with Crippen LogP contribution in [0.2, 0.25) is 0 Å². The van der Waals surface area contributed by atoms with Crippen molar-refractivity contribution in [1.29, 1.82) is 5.26 Å². The van der Waals surface area contributed by atoms with E-state index in [0.717, 1.165) is 56.2 Å². The second-order valence-corrected chi connectivity index (χ2v) is 14.1. The number of aromatic nitrogens is 2. The number of hydrogen-bond donors (Lipinski definition) is 2. The summed E-state index contributed by atoms with van der Waals surface area (Å²) in [4.78, 5) is 4.56. The van der Waals surface area contributed by atoms with E-state index in [-0.39, 0.29) is 4.90 Å². The van der Waals surface area contributed by atoms with Gasteiger partial charge in [0.05, 0.1) is 35.5 Å². The van der Waals surface area contributed by atoms with Crippen LogP contribution in [0.25, 0.3) is 11.3 Å². The third kappa shape index (κ3) is 8.38. The Morgan fingerprint density at radius 2 is 1.79 bits per heavy atom. The highest BCUT2D eigenvalue weighted by Gasteiger charge is 2.34. The van der Waals surface area contributed by atoms with Crippen molar-refractivity contribution in [2.24, 2.45) is 0 Å². The van der Waals surface area contributed by atoms with Gasteiger partial charge < -0.3 is 20.2 Å². The molecule has 6 rings (SSSR count). The van der Waals surface area contributed by atoms with Crippen molar-refractivity contribution in [2.75, 3.05) is 51.6 Å². The number of piperidine rings is 2. The Hall–Kier alpha value is -2.95. The van der Waals surface area contributed by atoms with E-state index in [2.05, 4.69) is 27.3 Å². The Morgan fingerprint density at radius 3 is 2.53 bits per heavy atom. The number of nitriles is 1. The van der Waals surface area contributed by atoms with Gasteiger partial charge in [-0.3, -0.25) is 4.68 Å². The fourth-order valence-electron chi connectivity index (χ4n) is 7.10. The maximum Gasteiger partial charge on any atom is 0.417 e. The quantitative estimate of drug-likeness (QED) is 0.207. The SMILES string of the molecule is N#Cc1cccc(C2CCN(CC(O)Cn3nc(-c4ccc(C(F)(F)F)c(SCCN5CCC(F)CC5)c4)c4c3CCNC4)CC2)c1. The summed E-state index contributed by atoms with van der Waals surface area (Å²) in [5.41, 5.74) is 4.48. The van der Waals surface area contributed by atoms with Crippen LogP contribution in [0.15, 0.2) is 47.4 Å². The highest BCUT2D eigenvalue weighted by molar-refractivity contribution is 7.99. The summed E-state index contributed by atoms with van der Waals surface area (Å²) in [6, 6.07) is 14.3. The zero-order valence-electron chi connectivity index (χ0n) is 26.5. The fraction of sp³-hybridized carbons (Fsp3) is 0.543. The third-order valence-corrected chi connectivity index (χ3v) is 10.7. The first kappa shape index (κ1) is 33.9. The van der Waals surface area contributed by atoms with E-state index in [0.29, 0.717) is 80.6 Å². The standard InChI is InChI=1S/C35H42F4N6OS/c36-28-9-14-43(15-10-28)16-17-47-33-19-27(4-5-31(33)35(37,38)39)34-30-21-41-11-6-32(30)45(42-34)23-29(46)22-44-12-7-25(8-13-44)26-3-1-2-24(18-26)20-40/h1-5,18-19,25,28-29,41,46H,6-17,21-23H2. The van der Waals surface area contributed by atoms with Crippen LogP contribution in [-0.2, 0) is 25.7 Å². The topological polar surface area (TPSA) is 80.4 Å². The number of alkyl halides is 4. The van der Waals surface area contributed by atoms with E-state index in [1.54, 1.807) is 6.07 Å². The van der Waals surface area contributed by atoms with Crippen LogP contribution in [0, 0.1) is 11.3 Å². The van der Waals surface area contributed by atoms with Gasteiger partial charge in [0.25, 0.3) is 0 Å². The number of benzene rings is 2. The van der Waals surface area contributed by atoms with Gasteiger partial charge in [0.1, 0.15) is 6.17 Å². The molecule has 1 atom stereocenters. The average Bonchev–Trinajstić information content (AvgIpc) is 3.43.